The van der Waals surface area contributed by atoms with E-state index in [1.54, 1.807) is 18.7 Å². The van der Waals surface area contributed by atoms with Gasteiger partial charge in [0, 0.05) is 23.8 Å². The van der Waals surface area contributed by atoms with Crippen LogP contribution in [0.4, 0.5) is 5.69 Å². The van der Waals surface area contributed by atoms with Crippen LogP contribution in [0.15, 0.2) is 15.3 Å². The maximum Gasteiger partial charge on any atom is 0.301 e. The van der Waals surface area contributed by atoms with Gasteiger partial charge in [-0.2, -0.15) is 10.4 Å². The van der Waals surface area contributed by atoms with Crippen molar-refractivity contribution in [2.24, 2.45) is 12.0 Å². The van der Waals surface area contributed by atoms with E-state index in [0.717, 1.165) is 23.5 Å². The number of hydrogen-bond donors (Lipinski definition) is 0. The number of aliphatic imine (C=N–C) groups is 1. The van der Waals surface area contributed by atoms with Gasteiger partial charge in [0.05, 0.1) is 12.3 Å². The molecule has 3 rings (SSSR count). The predicted molar refractivity (Wildman–Crippen MR) is 98.4 cm³/mol. The minimum atomic E-state index is -3.94. The highest BCUT2D eigenvalue weighted by atomic mass is 35.7. The highest BCUT2D eigenvalue weighted by Gasteiger charge is 2.32. The summed E-state index contributed by atoms with van der Waals surface area (Å²) >= 11 is 0.867. The molecule has 0 aromatic carbocycles. The molecule has 0 bridgehead atoms. The molecule has 26 heavy (non-hydrogen) atoms. The number of thiophene rings is 1. The fourth-order valence-electron chi connectivity index (χ4n) is 2.60. The van der Waals surface area contributed by atoms with Crippen molar-refractivity contribution < 1.29 is 17.9 Å². The number of aryl methyl sites for hydroxylation is 1. The zero-order valence-corrected chi connectivity index (χ0v) is 16.7. The van der Waals surface area contributed by atoms with Crippen molar-refractivity contribution >= 4 is 48.5 Å². The van der Waals surface area contributed by atoms with Crippen LogP contribution in [0.25, 0.3) is 0 Å². The standard InChI is InChI=1S/C15H16ClN4O4S2/c1-4-6-8-11-12(19-20(8)3)15(21)18-14(17-11)13-9(24-5-2)7-10(25-13)26(16,22)23/h7H,4-6H2,1-3H3. The molecule has 0 N–H and O–H groups in total. The zero-order valence-electron chi connectivity index (χ0n) is 14.3. The predicted octanol–water partition coefficient (Wildman–Crippen LogP) is 2.60. The van der Waals surface area contributed by atoms with Crippen molar-refractivity contribution in [1.29, 1.82) is 0 Å². The van der Waals surface area contributed by atoms with Crippen LogP contribution in [0.1, 0.15) is 41.3 Å². The highest BCUT2D eigenvalue weighted by molar-refractivity contribution is 8.15. The van der Waals surface area contributed by atoms with Gasteiger partial charge in [-0.05, 0) is 13.3 Å². The van der Waals surface area contributed by atoms with E-state index in [9.17, 15) is 13.2 Å². The molecule has 3 heterocycles. The normalized spacial score (nSPS) is 14.0. The average Bonchev–Trinajstić information content (AvgIpc) is 3.11. The van der Waals surface area contributed by atoms with Gasteiger partial charge >= 0.3 is 5.91 Å². The molecule has 2 aromatic heterocycles. The monoisotopic (exact) mass is 415 g/mol. The van der Waals surface area contributed by atoms with Crippen LogP contribution in [-0.4, -0.2) is 36.5 Å². The van der Waals surface area contributed by atoms with Crippen LogP contribution < -0.4 is 10.1 Å². The van der Waals surface area contributed by atoms with Gasteiger partial charge < -0.3 is 4.74 Å². The third-order valence-electron chi connectivity index (χ3n) is 3.67. The number of halogens is 1. The quantitative estimate of drug-likeness (QED) is 0.674. The molecule has 11 heteroatoms. The van der Waals surface area contributed by atoms with Crippen molar-refractivity contribution in [3.05, 3.63) is 22.3 Å². The number of carbonyl (C=O) groups excluding carboxylic acids is 1. The number of amides is 1. The van der Waals surface area contributed by atoms with Gasteiger partial charge in [-0.3, -0.25) is 9.48 Å². The van der Waals surface area contributed by atoms with Gasteiger partial charge in [0.25, 0.3) is 9.05 Å². The zero-order chi connectivity index (χ0) is 19.1. The van der Waals surface area contributed by atoms with Gasteiger partial charge in [0.2, 0.25) is 0 Å². The van der Waals surface area contributed by atoms with Crippen molar-refractivity contribution in [1.82, 2.24) is 15.1 Å². The Hall–Kier alpha value is -1.91. The van der Waals surface area contributed by atoms with Crippen LogP contribution in [0.2, 0.25) is 0 Å². The summed E-state index contributed by atoms with van der Waals surface area (Å²) in [4.78, 5) is 17.2. The Morgan fingerprint density at radius 3 is 2.69 bits per heavy atom. The molecule has 1 aliphatic heterocycles. The third kappa shape index (κ3) is 3.36. The van der Waals surface area contributed by atoms with Crippen LogP contribution in [0.5, 0.6) is 5.75 Å². The topological polar surface area (TPSA) is 105 Å². The molecule has 2 aromatic rings. The Morgan fingerprint density at radius 2 is 2.08 bits per heavy atom. The Morgan fingerprint density at radius 1 is 1.35 bits per heavy atom. The number of rotatable bonds is 6. The van der Waals surface area contributed by atoms with E-state index in [4.69, 9.17) is 15.4 Å². The summed E-state index contributed by atoms with van der Waals surface area (Å²) < 4.78 is 30.3. The van der Waals surface area contributed by atoms with E-state index in [0.29, 0.717) is 23.6 Å². The second-order valence-corrected chi connectivity index (χ2v) is 9.34. The molecular weight excluding hydrogens is 400 g/mol. The molecule has 1 radical (unpaired) electrons. The molecule has 1 aliphatic rings. The Labute approximate surface area is 159 Å². The van der Waals surface area contributed by atoms with E-state index in [1.807, 2.05) is 6.92 Å². The summed E-state index contributed by atoms with van der Waals surface area (Å²) in [6.07, 6.45) is 1.56. The first-order valence-corrected chi connectivity index (χ1v) is 11.0. The Balaban J connectivity index is 2.16. The number of fused-ring (bicyclic) bond motifs is 1. The molecule has 0 unspecified atom stereocenters. The largest absolute Gasteiger partial charge is 0.492 e. The summed E-state index contributed by atoms with van der Waals surface area (Å²) in [5, 5.41) is 8.18. The van der Waals surface area contributed by atoms with Crippen molar-refractivity contribution in [2.45, 2.75) is 30.9 Å². The number of nitrogens with zero attached hydrogens (tertiary/aromatic N) is 4. The van der Waals surface area contributed by atoms with Gasteiger partial charge in [-0.1, -0.05) is 13.3 Å². The number of ether oxygens (including phenoxy) is 1. The lowest BCUT2D eigenvalue weighted by atomic mass is 10.1. The fraction of sp³-hybridized carbons (Fsp3) is 0.400. The molecule has 0 fully saturated rings. The van der Waals surface area contributed by atoms with Crippen LogP contribution in [-0.2, 0) is 22.5 Å². The van der Waals surface area contributed by atoms with E-state index in [-0.39, 0.29) is 21.5 Å². The fourth-order valence-corrected chi connectivity index (χ4v) is 4.68. The van der Waals surface area contributed by atoms with Gasteiger partial charge in [0.15, 0.2) is 11.5 Å². The SMILES string of the molecule is CCCc1c2c(nn1C)C(=O)[N]C(c1sc(S(=O)(=O)Cl)cc1OCC)=N2. The van der Waals surface area contributed by atoms with Crippen molar-refractivity contribution in [3.63, 3.8) is 0 Å². The third-order valence-corrected chi connectivity index (χ3v) is 6.86. The maximum atomic E-state index is 12.4. The first-order valence-electron chi connectivity index (χ1n) is 7.88. The van der Waals surface area contributed by atoms with Crippen molar-refractivity contribution in [3.8, 4) is 5.75 Å². The van der Waals surface area contributed by atoms with Crippen LogP contribution in [0.3, 0.4) is 0 Å². The Kier molecular flexibility index (Phi) is 5.09. The number of hydrogen-bond acceptors (Lipinski definition) is 7. The van der Waals surface area contributed by atoms with Crippen LogP contribution in [0, 0.1) is 0 Å². The number of aromatic nitrogens is 2. The smallest absolute Gasteiger partial charge is 0.301 e. The molecule has 0 saturated heterocycles. The lowest BCUT2D eigenvalue weighted by Crippen LogP contribution is -2.27. The lowest BCUT2D eigenvalue weighted by Gasteiger charge is -2.11. The van der Waals surface area contributed by atoms with Gasteiger partial charge in [-0.25, -0.2) is 13.4 Å². The molecule has 139 valence electrons. The molecular formula is C15H16ClN4O4S2. The first-order chi connectivity index (χ1) is 12.3. The van der Waals surface area contributed by atoms with Gasteiger partial charge in [0.1, 0.15) is 20.5 Å². The van der Waals surface area contributed by atoms with Crippen molar-refractivity contribution in [2.75, 3.05) is 6.61 Å². The second-order valence-electron chi connectivity index (χ2n) is 5.50. The lowest BCUT2D eigenvalue weighted by molar-refractivity contribution is 0.0967. The van der Waals surface area contributed by atoms with Crippen LogP contribution >= 0.6 is 22.0 Å². The van der Waals surface area contributed by atoms with E-state index >= 15 is 0 Å². The van der Waals surface area contributed by atoms with E-state index in [1.165, 1.54) is 6.07 Å². The second kappa shape index (κ2) is 7.01. The van der Waals surface area contributed by atoms with E-state index in [2.05, 4.69) is 15.4 Å². The van der Waals surface area contributed by atoms with Gasteiger partial charge in [-0.15, -0.1) is 11.3 Å². The Bertz CT molecular complexity index is 1010. The summed E-state index contributed by atoms with van der Waals surface area (Å²) in [6, 6.07) is 1.32. The minimum absolute atomic E-state index is 0.0891. The minimum Gasteiger partial charge on any atom is -0.492 e. The first kappa shape index (κ1) is 18.9. The molecule has 0 spiro atoms. The molecule has 0 aliphatic carbocycles. The highest BCUT2D eigenvalue weighted by Crippen LogP contribution is 2.37. The molecule has 8 nitrogen and oxygen atoms in total. The average molecular weight is 416 g/mol. The molecule has 0 saturated carbocycles. The summed E-state index contributed by atoms with van der Waals surface area (Å²) in [6.45, 7) is 4.09. The number of amidine groups is 1. The summed E-state index contributed by atoms with van der Waals surface area (Å²) in [5.74, 6) is -0.140. The van der Waals surface area contributed by atoms with E-state index < -0.39 is 15.0 Å². The summed E-state index contributed by atoms with van der Waals surface area (Å²) in [5.41, 5.74) is 1.48. The number of carbonyl (C=O) groups is 1. The molecule has 1 amide bonds. The molecule has 0 atom stereocenters. The summed E-state index contributed by atoms with van der Waals surface area (Å²) in [7, 11) is 3.25. The maximum absolute atomic E-state index is 12.4.